The molecule has 0 unspecified atom stereocenters. The highest BCUT2D eigenvalue weighted by Gasteiger charge is 2.68. The second-order valence-corrected chi connectivity index (χ2v) is 12.3. The first-order valence-corrected chi connectivity index (χ1v) is 14.7. The number of hydrogen-bond acceptors (Lipinski definition) is 4. The molecule has 1 aliphatic heterocycles. The number of thioether (sulfide) groups is 1. The summed E-state index contributed by atoms with van der Waals surface area (Å²) < 4.78 is -0.821. The van der Waals surface area contributed by atoms with Crippen LogP contribution in [0.5, 0.6) is 0 Å². The van der Waals surface area contributed by atoms with Gasteiger partial charge in [0.2, 0.25) is 17.7 Å². The maximum absolute atomic E-state index is 14.3. The molecule has 3 aliphatic carbocycles. The van der Waals surface area contributed by atoms with Crippen molar-refractivity contribution in [3.8, 4) is 0 Å². The van der Waals surface area contributed by atoms with Gasteiger partial charge in [0, 0.05) is 11.6 Å². The molecule has 0 radical (unpaired) electrons. The van der Waals surface area contributed by atoms with Gasteiger partial charge in [0.05, 0.1) is 16.2 Å². The number of nitrogens with one attached hydrogen (secondary N) is 1. The Morgan fingerprint density at radius 1 is 0.973 bits per heavy atom. The van der Waals surface area contributed by atoms with Gasteiger partial charge in [-0.25, -0.2) is 0 Å². The molecule has 2 bridgehead atoms. The van der Waals surface area contributed by atoms with Crippen molar-refractivity contribution in [2.75, 3.05) is 17.3 Å². The summed E-state index contributed by atoms with van der Waals surface area (Å²) in [5.74, 6) is -1.59. The number of imide groups is 1. The Morgan fingerprint density at radius 3 is 2.16 bits per heavy atom. The molecule has 5 nitrogen and oxygen atoms in total. The maximum atomic E-state index is 14.3. The van der Waals surface area contributed by atoms with Crippen LogP contribution in [0.4, 0.5) is 5.69 Å². The van der Waals surface area contributed by atoms with E-state index in [1.807, 2.05) is 61.7 Å². The van der Waals surface area contributed by atoms with E-state index in [9.17, 15) is 14.4 Å². The predicted molar refractivity (Wildman–Crippen MR) is 150 cm³/mol. The summed E-state index contributed by atoms with van der Waals surface area (Å²) in [5.41, 5.74) is 5.96. The number of alkyl halides is 1. The van der Waals surface area contributed by atoms with Crippen LogP contribution in [0.3, 0.4) is 0 Å². The van der Waals surface area contributed by atoms with Crippen LogP contribution in [-0.4, -0.2) is 40.7 Å². The monoisotopic (exact) mass is 574 g/mol. The molecular weight excluding hydrogens is 548 g/mol. The number of benzene rings is 3. The molecule has 3 aromatic carbocycles. The summed E-state index contributed by atoms with van der Waals surface area (Å²) in [6, 6.07) is 22.8. The Hall–Kier alpha value is -2.90. The van der Waals surface area contributed by atoms with Gasteiger partial charge in [-0.15, -0.1) is 0 Å². The molecule has 1 fully saturated rings. The third kappa shape index (κ3) is 3.54. The first-order chi connectivity index (χ1) is 17.9. The molecule has 37 heavy (non-hydrogen) atoms. The largest absolute Gasteiger partial charge is 0.324 e. The molecule has 7 heteroatoms. The standard InChI is InChI=1S/C30H27BrN2O3S/c1-17-11-13-18(14-12-17)32-27(34)23(15-16-37-2)33-28(35)25-24-19-7-3-5-9-21(19)30(31,26(25)29(33)36)22-10-6-4-8-20(22)24/h3-14,23-26H,15-16H2,1-2H3,(H,32,34)/t23-,24?,25-,26-,30?/m0/s1. The van der Waals surface area contributed by atoms with Gasteiger partial charge >= 0.3 is 0 Å². The van der Waals surface area contributed by atoms with Gasteiger partial charge in [0.1, 0.15) is 6.04 Å². The van der Waals surface area contributed by atoms with Crippen molar-refractivity contribution in [1.82, 2.24) is 4.90 Å². The first kappa shape index (κ1) is 24.4. The van der Waals surface area contributed by atoms with Gasteiger partial charge < -0.3 is 5.32 Å². The Labute approximate surface area is 229 Å². The maximum Gasteiger partial charge on any atom is 0.247 e. The number of anilines is 1. The van der Waals surface area contributed by atoms with Crippen LogP contribution >= 0.6 is 27.7 Å². The van der Waals surface area contributed by atoms with E-state index in [0.717, 1.165) is 27.8 Å². The molecular formula is C30H27BrN2O3S. The van der Waals surface area contributed by atoms with E-state index in [2.05, 4.69) is 45.5 Å². The SMILES string of the molecule is CSCC[C@@H](C(=O)Nc1ccc(C)cc1)N1C(=O)[C@@H]2[C@@H](C1=O)C1c3ccccc3C2(Br)c2ccccc21. The minimum absolute atomic E-state index is 0.223. The highest BCUT2D eigenvalue weighted by atomic mass is 79.9. The van der Waals surface area contributed by atoms with Crippen LogP contribution in [-0.2, 0) is 18.7 Å². The second kappa shape index (κ2) is 9.14. The highest BCUT2D eigenvalue weighted by Crippen LogP contribution is 2.66. The minimum atomic E-state index is -0.874. The fourth-order valence-electron chi connectivity index (χ4n) is 6.48. The molecule has 0 spiro atoms. The molecule has 3 amide bonds. The molecule has 3 aromatic rings. The topological polar surface area (TPSA) is 66.5 Å². The average molecular weight is 576 g/mol. The molecule has 3 atom stereocenters. The third-order valence-electron chi connectivity index (χ3n) is 8.08. The summed E-state index contributed by atoms with van der Waals surface area (Å²) >= 11 is 5.62. The first-order valence-electron chi connectivity index (χ1n) is 12.5. The highest BCUT2D eigenvalue weighted by molar-refractivity contribution is 9.09. The summed E-state index contributed by atoms with van der Waals surface area (Å²) in [6.07, 6.45) is 2.36. The summed E-state index contributed by atoms with van der Waals surface area (Å²) in [7, 11) is 0. The van der Waals surface area contributed by atoms with E-state index in [1.165, 1.54) is 4.90 Å². The van der Waals surface area contributed by atoms with Gasteiger partial charge in [-0.3, -0.25) is 19.3 Å². The number of carbonyl (C=O) groups excluding carboxylic acids is 3. The van der Waals surface area contributed by atoms with Crippen molar-refractivity contribution < 1.29 is 14.4 Å². The number of nitrogens with zero attached hydrogens (tertiary/aromatic N) is 1. The smallest absolute Gasteiger partial charge is 0.247 e. The van der Waals surface area contributed by atoms with Crippen LogP contribution in [0.15, 0.2) is 72.8 Å². The molecule has 188 valence electrons. The molecule has 1 N–H and O–H groups in total. The zero-order valence-corrected chi connectivity index (χ0v) is 23.0. The Bertz CT molecular complexity index is 1370. The van der Waals surface area contributed by atoms with Crippen LogP contribution in [0.1, 0.15) is 40.2 Å². The van der Waals surface area contributed by atoms with Crippen molar-refractivity contribution >= 4 is 51.1 Å². The predicted octanol–water partition coefficient (Wildman–Crippen LogP) is 5.45. The van der Waals surface area contributed by atoms with E-state index in [-0.39, 0.29) is 23.6 Å². The number of amides is 3. The zero-order valence-electron chi connectivity index (χ0n) is 20.6. The third-order valence-corrected chi connectivity index (χ3v) is 10.1. The van der Waals surface area contributed by atoms with Crippen LogP contribution < -0.4 is 5.32 Å². The lowest BCUT2D eigenvalue weighted by atomic mass is 9.55. The summed E-state index contributed by atoms with van der Waals surface area (Å²) in [6.45, 7) is 1.98. The van der Waals surface area contributed by atoms with Crippen LogP contribution in [0.2, 0.25) is 0 Å². The van der Waals surface area contributed by atoms with Crippen molar-refractivity contribution in [2.24, 2.45) is 11.8 Å². The lowest BCUT2D eigenvalue weighted by molar-refractivity contribution is -0.146. The average Bonchev–Trinajstić information content (AvgIpc) is 3.17. The number of rotatable bonds is 6. The van der Waals surface area contributed by atoms with E-state index < -0.39 is 22.2 Å². The molecule has 0 saturated carbocycles. The lowest BCUT2D eigenvalue weighted by Crippen LogP contribution is -2.50. The van der Waals surface area contributed by atoms with Crippen LogP contribution in [0, 0.1) is 18.8 Å². The summed E-state index contributed by atoms with van der Waals surface area (Å²) in [5, 5.41) is 2.95. The van der Waals surface area contributed by atoms with E-state index >= 15 is 0 Å². The van der Waals surface area contributed by atoms with Crippen molar-refractivity contribution in [3.63, 3.8) is 0 Å². The zero-order chi connectivity index (χ0) is 25.9. The van der Waals surface area contributed by atoms with Crippen molar-refractivity contribution in [1.29, 1.82) is 0 Å². The fraction of sp³-hybridized carbons (Fsp3) is 0.300. The van der Waals surface area contributed by atoms with Crippen LogP contribution in [0.25, 0.3) is 0 Å². The Morgan fingerprint density at radius 2 is 1.57 bits per heavy atom. The van der Waals surface area contributed by atoms with Crippen molar-refractivity contribution in [2.45, 2.75) is 29.6 Å². The van der Waals surface area contributed by atoms with E-state index in [0.29, 0.717) is 17.9 Å². The molecule has 0 aromatic heterocycles. The number of likely N-dealkylation sites (tertiary alicyclic amines) is 1. The van der Waals surface area contributed by atoms with Gasteiger partial charge in [-0.1, -0.05) is 82.2 Å². The van der Waals surface area contributed by atoms with E-state index in [1.54, 1.807) is 11.8 Å². The van der Waals surface area contributed by atoms with Gasteiger partial charge in [-0.2, -0.15) is 11.8 Å². The number of carbonyl (C=O) groups is 3. The van der Waals surface area contributed by atoms with Gasteiger partial charge in [-0.05, 0) is 59.7 Å². The Kier molecular flexibility index (Phi) is 6.03. The quantitative estimate of drug-likeness (QED) is 0.314. The fourth-order valence-corrected chi connectivity index (χ4v) is 8.14. The lowest BCUT2D eigenvalue weighted by Gasteiger charge is -2.51. The minimum Gasteiger partial charge on any atom is -0.324 e. The molecule has 4 aliphatic rings. The molecule has 1 saturated heterocycles. The molecule has 7 rings (SSSR count). The second-order valence-electron chi connectivity index (χ2n) is 10.1. The number of hydrogen-bond donors (Lipinski definition) is 1. The van der Waals surface area contributed by atoms with Crippen molar-refractivity contribution in [3.05, 3.63) is 101 Å². The van der Waals surface area contributed by atoms with E-state index in [4.69, 9.17) is 0 Å². The normalized spacial score (nSPS) is 25.9. The Balaban J connectivity index is 1.43. The number of halogens is 1. The van der Waals surface area contributed by atoms with Gasteiger partial charge in [0.25, 0.3) is 0 Å². The summed E-state index contributed by atoms with van der Waals surface area (Å²) in [4.78, 5) is 43.4. The van der Waals surface area contributed by atoms with Gasteiger partial charge in [0.15, 0.2) is 0 Å². The number of aryl methyl sites for hydroxylation is 1. The molecule has 1 heterocycles.